The fraction of sp³-hybridized carbons (Fsp3) is 0.105. The second-order valence-corrected chi connectivity index (χ2v) is 6.71. The van der Waals surface area contributed by atoms with Crippen LogP contribution in [0.4, 0.5) is 5.69 Å². The molecular formula is C19H15ClN2O3S. The van der Waals surface area contributed by atoms with Gasteiger partial charge >= 0.3 is 5.97 Å². The number of carbonyl (C=O) groups excluding carboxylic acids is 2. The van der Waals surface area contributed by atoms with Gasteiger partial charge in [0.05, 0.1) is 0 Å². The number of esters is 1. The highest BCUT2D eigenvalue weighted by Crippen LogP contribution is 2.26. The second kappa shape index (κ2) is 8.12. The molecule has 3 aromatic rings. The standard InChI is InChI=1S/C19H15ClN2O3S/c1-22(15-8-3-2-4-9-15)17(23)11-25-19(24)16-12-26-18(21-16)13-6-5-7-14(20)10-13/h2-10,12H,11H2,1H3. The van der Waals surface area contributed by atoms with Gasteiger partial charge in [0, 0.05) is 28.7 Å². The summed E-state index contributed by atoms with van der Waals surface area (Å²) in [6.45, 7) is -0.353. The molecule has 0 bridgehead atoms. The largest absolute Gasteiger partial charge is 0.451 e. The summed E-state index contributed by atoms with van der Waals surface area (Å²) < 4.78 is 5.09. The van der Waals surface area contributed by atoms with Crippen molar-refractivity contribution < 1.29 is 14.3 Å². The first kappa shape index (κ1) is 18.1. The van der Waals surface area contributed by atoms with Crippen molar-refractivity contribution in [1.29, 1.82) is 0 Å². The Balaban J connectivity index is 1.61. The maximum absolute atomic E-state index is 12.2. The van der Waals surface area contributed by atoms with Crippen molar-refractivity contribution in [2.45, 2.75) is 0 Å². The van der Waals surface area contributed by atoms with Crippen LogP contribution in [0.1, 0.15) is 10.5 Å². The first-order valence-corrected chi connectivity index (χ1v) is 9.00. The summed E-state index contributed by atoms with van der Waals surface area (Å²) >= 11 is 7.28. The Morgan fingerprint density at radius 1 is 1.15 bits per heavy atom. The summed E-state index contributed by atoms with van der Waals surface area (Å²) in [5, 5.41) is 2.85. The quantitative estimate of drug-likeness (QED) is 0.614. The Bertz CT molecular complexity index is 927. The Morgan fingerprint density at radius 3 is 2.65 bits per heavy atom. The molecule has 2 aromatic carbocycles. The molecule has 0 saturated carbocycles. The van der Waals surface area contributed by atoms with E-state index in [2.05, 4.69) is 4.98 Å². The number of likely N-dealkylation sites (N-methyl/N-ethyl adjacent to an activating group) is 1. The number of thiazole rings is 1. The molecule has 132 valence electrons. The van der Waals surface area contributed by atoms with Crippen LogP contribution in [0.2, 0.25) is 5.02 Å². The van der Waals surface area contributed by atoms with Crippen molar-refractivity contribution in [1.82, 2.24) is 4.98 Å². The number of ether oxygens (including phenoxy) is 1. The zero-order valence-electron chi connectivity index (χ0n) is 13.9. The first-order valence-electron chi connectivity index (χ1n) is 7.75. The topological polar surface area (TPSA) is 59.5 Å². The third-order valence-electron chi connectivity index (χ3n) is 3.63. The van der Waals surface area contributed by atoms with Crippen LogP contribution in [-0.2, 0) is 9.53 Å². The molecule has 0 atom stereocenters. The van der Waals surface area contributed by atoms with E-state index in [0.29, 0.717) is 10.0 Å². The minimum Gasteiger partial charge on any atom is -0.451 e. The maximum atomic E-state index is 12.2. The molecule has 0 aliphatic heterocycles. The van der Waals surface area contributed by atoms with Gasteiger partial charge in [-0.1, -0.05) is 41.9 Å². The molecule has 0 aliphatic rings. The van der Waals surface area contributed by atoms with Crippen molar-refractivity contribution in [3.8, 4) is 10.6 Å². The molecule has 0 saturated heterocycles. The zero-order valence-corrected chi connectivity index (χ0v) is 15.5. The van der Waals surface area contributed by atoms with Crippen LogP contribution in [0, 0.1) is 0 Å². The fourth-order valence-corrected chi connectivity index (χ4v) is 3.19. The first-order chi connectivity index (χ1) is 12.5. The zero-order chi connectivity index (χ0) is 18.5. The number of aromatic nitrogens is 1. The minimum atomic E-state index is -0.635. The van der Waals surface area contributed by atoms with Gasteiger partial charge in [0.2, 0.25) is 0 Å². The molecular weight excluding hydrogens is 372 g/mol. The Labute approximate surface area is 159 Å². The number of amides is 1. The van der Waals surface area contributed by atoms with Crippen LogP contribution < -0.4 is 4.90 Å². The van der Waals surface area contributed by atoms with Gasteiger partial charge in [0.25, 0.3) is 5.91 Å². The number of anilines is 1. The van der Waals surface area contributed by atoms with Gasteiger partial charge in [0.1, 0.15) is 5.01 Å². The number of hydrogen-bond acceptors (Lipinski definition) is 5. The van der Waals surface area contributed by atoms with Gasteiger partial charge in [-0.2, -0.15) is 0 Å². The van der Waals surface area contributed by atoms with Crippen LogP contribution in [0.3, 0.4) is 0 Å². The average Bonchev–Trinajstić information content (AvgIpc) is 3.16. The molecule has 3 rings (SSSR count). The Kier molecular flexibility index (Phi) is 5.65. The summed E-state index contributed by atoms with van der Waals surface area (Å²) in [7, 11) is 1.63. The SMILES string of the molecule is CN(C(=O)COC(=O)c1csc(-c2cccc(Cl)c2)n1)c1ccccc1. The fourth-order valence-electron chi connectivity index (χ4n) is 2.22. The van der Waals surface area contributed by atoms with Crippen LogP contribution >= 0.6 is 22.9 Å². The van der Waals surface area contributed by atoms with Crippen molar-refractivity contribution in [2.75, 3.05) is 18.6 Å². The molecule has 26 heavy (non-hydrogen) atoms. The van der Waals surface area contributed by atoms with Crippen molar-refractivity contribution in [3.63, 3.8) is 0 Å². The molecule has 5 nitrogen and oxygen atoms in total. The third-order valence-corrected chi connectivity index (χ3v) is 4.76. The van der Waals surface area contributed by atoms with E-state index in [0.717, 1.165) is 11.3 Å². The molecule has 0 aliphatic carbocycles. The van der Waals surface area contributed by atoms with E-state index in [1.54, 1.807) is 36.7 Å². The highest BCUT2D eigenvalue weighted by molar-refractivity contribution is 7.13. The van der Waals surface area contributed by atoms with Gasteiger partial charge in [0.15, 0.2) is 12.3 Å². The smallest absolute Gasteiger partial charge is 0.358 e. The number of carbonyl (C=O) groups is 2. The van der Waals surface area contributed by atoms with E-state index >= 15 is 0 Å². The summed E-state index contributed by atoms with van der Waals surface area (Å²) in [5.41, 5.74) is 1.71. The van der Waals surface area contributed by atoms with Crippen molar-refractivity contribution in [2.24, 2.45) is 0 Å². The normalized spacial score (nSPS) is 10.4. The van der Waals surface area contributed by atoms with Gasteiger partial charge in [-0.25, -0.2) is 9.78 Å². The predicted octanol–water partition coefficient (Wildman–Crippen LogP) is 4.28. The predicted molar refractivity (Wildman–Crippen MR) is 103 cm³/mol. The van der Waals surface area contributed by atoms with Gasteiger partial charge in [-0.05, 0) is 24.3 Å². The summed E-state index contributed by atoms with van der Waals surface area (Å²) in [6, 6.07) is 16.3. The van der Waals surface area contributed by atoms with Crippen LogP contribution in [0.5, 0.6) is 0 Å². The van der Waals surface area contributed by atoms with Crippen molar-refractivity contribution in [3.05, 3.63) is 70.7 Å². The van der Waals surface area contributed by atoms with Crippen LogP contribution in [-0.4, -0.2) is 30.5 Å². The van der Waals surface area contributed by atoms with E-state index < -0.39 is 5.97 Å². The lowest BCUT2D eigenvalue weighted by atomic mass is 10.2. The van der Waals surface area contributed by atoms with Gasteiger partial charge < -0.3 is 9.64 Å². The number of rotatable bonds is 5. The van der Waals surface area contributed by atoms with Gasteiger partial charge in [-0.3, -0.25) is 4.79 Å². The minimum absolute atomic E-state index is 0.167. The highest BCUT2D eigenvalue weighted by atomic mass is 35.5. The van der Waals surface area contributed by atoms with Crippen LogP contribution in [0.15, 0.2) is 60.0 Å². The Hall–Kier alpha value is -2.70. The third kappa shape index (κ3) is 4.28. The molecule has 0 radical (unpaired) electrons. The van der Waals surface area contributed by atoms with Crippen molar-refractivity contribution >= 4 is 40.5 Å². The van der Waals surface area contributed by atoms with Crippen LogP contribution in [0.25, 0.3) is 10.6 Å². The number of halogens is 1. The maximum Gasteiger partial charge on any atom is 0.358 e. The number of hydrogen-bond donors (Lipinski definition) is 0. The lowest BCUT2D eigenvalue weighted by Crippen LogP contribution is -2.31. The molecule has 1 amide bonds. The van der Waals surface area contributed by atoms with E-state index in [-0.39, 0.29) is 18.2 Å². The monoisotopic (exact) mass is 386 g/mol. The molecule has 0 N–H and O–H groups in total. The number of para-hydroxylation sites is 1. The lowest BCUT2D eigenvalue weighted by Gasteiger charge is -2.16. The van der Waals surface area contributed by atoms with Gasteiger partial charge in [-0.15, -0.1) is 11.3 Å². The molecule has 1 aromatic heterocycles. The van der Waals surface area contributed by atoms with E-state index in [1.807, 2.05) is 30.3 Å². The summed E-state index contributed by atoms with van der Waals surface area (Å²) in [5.74, 6) is -0.959. The Morgan fingerprint density at radius 2 is 1.92 bits per heavy atom. The number of nitrogens with zero attached hydrogens (tertiary/aromatic N) is 2. The van der Waals surface area contributed by atoms with E-state index in [9.17, 15) is 9.59 Å². The highest BCUT2D eigenvalue weighted by Gasteiger charge is 2.17. The van der Waals surface area contributed by atoms with E-state index in [4.69, 9.17) is 16.3 Å². The molecule has 0 unspecified atom stereocenters. The lowest BCUT2D eigenvalue weighted by molar-refractivity contribution is -0.121. The molecule has 1 heterocycles. The molecule has 0 spiro atoms. The second-order valence-electron chi connectivity index (χ2n) is 5.41. The summed E-state index contributed by atoms with van der Waals surface area (Å²) in [6.07, 6.45) is 0. The summed E-state index contributed by atoms with van der Waals surface area (Å²) in [4.78, 5) is 30.0. The van der Waals surface area contributed by atoms with E-state index in [1.165, 1.54) is 16.2 Å². The number of benzene rings is 2. The average molecular weight is 387 g/mol. The molecule has 7 heteroatoms. The molecule has 0 fully saturated rings.